The number of ether oxygens (including phenoxy) is 1. The fourth-order valence-corrected chi connectivity index (χ4v) is 0.714. The number of methoxy groups -OCH3 is 1. The lowest BCUT2D eigenvalue weighted by atomic mass is 10.2. The fraction of sp³-hybridized carbons (Fsp3) is 0.429. The van der Waals surface area contributed by atoms with Crippen LogP contribution in [-0.4, -0.2) is 14.2 Å². The maximum atomic E-state index is 4.25. The summed E-state index contributed by atoms with van der Waals surface area (Å²) in [4.78, 5) is 0. The van der Waals surface area contributed by atoms with Crippen LogP contribution in [-0.2, 0) is 11.2 Å². The molecule has 0 N–H and O–H groups in total. The van der Waals surface area contributed by atoms with Crippen molar-refractivity contribution < 1.29 is 4.74 Å². The average Bonchev–Trinajstić information content (AvgIpc) is 2.36. The van der Waals surface area contributed by atoms with Crippen molar-refractivity contribution in [2.24, 2.45) is 0 Å². The number of rotatable bonds is 1. The van der Waals surface area contributed by atoms with Gasteiger partial charge >= 0.3 is 0 Å². The van der Waals surface area contributed by atoms with E-state index >= 15 is 0 Å². The molecule has 0 atom stereocenters. The molecule has 15 heavy (non-hydrogen) atoms. The summed E-state index contributed by atoms with van der Waals surface area (Å²) in [7, 11) is 3.25. The Morgan fingerprint density at radius 2 is 1.33 bits per heavy atom. The second-order valence-electron chi connectivity index (χ2n) is 2.25. The fourth-order valence-electron chi connectivity index (χ4n) is 0.714. The summed E-state index contributed by atoms with van der Waals surface area (Å²) in [6.07, 6.45) is 9.14. The molecule has 1 nitrogen and oxygen atoms in total. The molecule has 0 saturated carbocycles. The standard InChI is InChI=1S/C8H10.C2H6O.C2H6.C2H2/c1-2-8-6-4-3-5-7-8;1-3-2;2*1-2/h3-7H,2H2,1H3;1-2H3;1-2H3;1-2H. The van der Waals surface area contributed by atoms with E-state index in [2.05, 4.69) is 48.8 Å². The van der Waals surface area contributed by atoms with Gasteiger partial charge in [-0.05, 0) is 12.0 Å². The van der Waals surface area contributed by atoms with Crippen molar-refractivity contribution in [1.82, 2.24) is 0 Å². The van der Waals surface area contributed by atoms with E-state index in [-0.39, 0.29) is 0 Å². The van der Waals surface area contributed by atoms with E-state index in [0.717, 1.165) is 6.42 Å². The van der Waals surface area contributed by atoms with Gasteiger partial charge in [0.2, 0.25) is 0 Å². The van der Waals surface area contributed by atoms with Crippen molar-refractivity contribution in [2.45, 2.75) is 27.2 Å². The van der Waals surface area contributed by atoms with Gasteiger partial charge in [-0.3, -0.25) is 0 Å². The SMILES string of the molecule is C#C.CC.CCc1ccccc1.COC. The van der Waals surface area contributed by atoms with Gasteiger partial charge in [-0.1, -0.05) is 51.1 Å². The van der Waals surface area contributed by atoms with Gasteiger partial charge in [-0.2, -0.15) is 0 Å². The van der Waals surface area contributed by atoms with Gasteiger partial charge in [-0.25, -0.2) is 0 Å². The lowest BCUT2D eigenvalue weighted by Crippen LogP contribution is -1.73. The Kier molecular flexibility index (Phi) is 29.6. The number of hydrogen-bond donors (Lipinski definition) is 0. The van der Waals surface area contributed by atoms with Crippen molar-refractivity contribution in [2.75, 3.05) is 14.2 Å². The third-order valence-corrected chi connectivity index (χ3v) is 1.25. The van der Waals surface area contributed by atoms with Gasteiger partial charge < -0.3 is 4.74 Å². The van der Waals surface area contributed by atoms with Crippen LogP contribution in [0.15, 0.2) is 30.3 Å². The zero-order valence-corrected chi connectivity index (χ0v) is 10.7. The third kappa shape index (κ3) is 19.2. The average molecular weight is 208 g/mol. The van der Waals surface area contributed by atoms with Crippen molar-refractivity contribution in [1.29, 1.82) is 0 Å². The molecular weight excluding hydrogens is 184 g/mol. The Morgan fingerprint density at radius 1 is 1.00 bits per heavy atom. The summed E-state index contributed by atoms with van der Waals surface area (Å²) >= 11 is 0. The molecule has 0 aliphatic carbocycles. The molecule has 0 aliphatic rings. The predicted octanol–water partition coefficient (Wildman–Crippen LogP) is 3.79. The zero-order chi connectivity index (χ0) is 12.5. The lowest BCUT2D eigenvalue weighted by Gasteiger charge is -1.89. The van der Waals surface area contributed by atoms with Gasteiger partial charge in [0, 0.05) is 14.2 Å². The molecule has 0 bridgehead atoms. The number of benzene rings is 1. The molecule has 0 unspecified atom stereocenters. The molecule has 0 aliphatic heterocycles. The van der Waals surface area contributed by atoms with Crippen molar-refractivity contribution in [3.63, 3.8) is 0 Å². The normalized spacial score (nSPS) is 6.60. The van der Waals surface area contributed by atoms with Crippen LogP contribution >= 0.6 is 0 Å². The first-order valence-electron chi connectivity index (χ1n) is 5.12. The van der Waals surface area contributed by atoms with E-state index in [1.807, 2.05) is 19.9 Å². The maximum Gasteiger partial charge on any atom is 0.0351 e. The van der Waals surface area contributed by atoms with E-state index in [0.29, 0.717) is 0 Å². The van der Waals surface area contributed by atoms with Crippen LogP contribution in [0.4, 0.5) is 0 Å². The minimum absolute atomic E-state index is 1.14. The Bertz CT molecular complexity index is 189. The third-order valence-electron chi connectivity index (χ3n) is 1.25. The maximum absolute atomic E-state index is 4.25. The zero-order valence-electron chi connectivity index (χ0n) is 10.7. The van der Waals surface area contributed by atoms with Gasteiger partial charge in [0.15, 0.2) is 0 Å². The van der Waals surface area contributed by atoms with Crippen LogP contribution in [0.25, 0.3) is 0 Å². The molecule has 86 valence electrons. The molecule has 1 aromatic carbocycles. The minimum Gasteiger partial charge on any atom is -0.388 e. The van der Waals surface area contributed by atoms with Crippen LogP contribution in [0, 0.1) is 12.8 Å². The number of terminal acetylenes is 1. The molecule has 0 radical (unpaired) electrons. The monoisotopic (exact) mass is 208 g/mol. The van der Waals surface area contributed by atoms with E-state index in [1.165, 1.54) is 5.56 Å². The van der Waals surface area contributed by atoms with Gasteiger partial charge in [0.05, 0.1) is 0 Å². The highest BCUT2D eigenvalue weighted by Gasteiger charge is 1.79. The first kappa shape index (κ1) is 19.3. The Balaban J connectivity index is -0.000000176. The molecule has 1 rings (SSSR count). The Morgan fingerprint density at radius 3 is 1.53 bits per heavy atom. The molecule has 0 fully saturated rings. The number of aryl methyl sites for hydroxylation is 1. The van der Waals surface area contributed by atoms with E-state index in [1.54, 1.807) is 14.2 Å². The quantitative estimate of drug-likeness (QED) is 0.638. The molecule has 0 spiro atoms. The van der Waals surface area contributed by atoms with Gasteiger partial charge in [-0.15, -0.1) is 12.8 Å². The minimum atomic E-state index is 1.14. The summed E-state index contributed by atoms with van der Waals surface area (Å²) in [5.74, 6) is 0. The molecule has 0 heterocycles. The summed E-state index contributed by atoms with van der Waals surface area (Å²) in [5, 5.41) is 0. The molecule has 1 aromatic rings. The summed E-state index contributed by atoms with van der Waals surface area (Å²) in [6, 6.07) is 10.5. The summed E-state index contributed by atoms with van der Waals surface area (Å²) in [6.45, 7) is 6.16. The summed E-state index contributed by atoms with van der Waals surface area (Å²) < 4.78 is 4.25. The van der Waals surface area contributed by atoms with Crippen LogP contribution < -0.4 is 0 Å². The summed E-state index contributed by atoms with van der Waals surface area (Å²) in [5.41, 5.74) is 1.41. The Hall–Kier alpha value is -1.26. The highest BCUT2D eigenvalue weighted by atomic mass is 16.4. The van der Waals surface area contributed by atoms with E-state index in [4.69, 9.17) is 0 Å². The first-order valence-corrected chi connectivity index (χ1v) is 5.12. The topological polar surface area (TPSA) is 9.23 Å². The van der Waals surface area contributed by atoms with Crippen molar-refractivity contribution in [3.05, 3.63) is 35.9 Å². The van der Waals surface area contributed by atoms with Crippen LogP contribution in [0.5, 0.6) is 0 Å². The molecule has 0 aromatic heterocycles. The second kappa shape index (κ2) is 23.0. The van der Waals surface area contributed by atoms with Crippen LogP contribution in [0.3, 0.4) is 0 Å². The number of hydrogen-bond acceptors (Lipinski definition) is 1. The van der Waals surface area contributed by atoms with Crippen molar-refractivity contribution >= 4 is 0 Å². The molecule has 0 saturated heterocycles. The van der Waals surface area contributed by atoms with Gasteiger partial charge in [0.25, 0.3) is 0 Å². The lowest BCUT2D eigenvalue weighted by molar-refractivity contribution is 0.277. The first-order chi connectivity index (χ1) is 7.35. The van der Waals surface area contributed by atoms with E-state index < -0.39 is 0 Å². The van der Waals surface area contributed by atoms with Crippen LogP contribution in [0.2, 0.25) is 0 Å². The van der Waals surface area contributed by atoms with Crippen LogP contribution in [0.1, 0.15) is 26.3 Å². The predicted molar refractivity (Wildman–Crippen MR) is 70.0 cm³/mol. The van der Waals surface area contributed by atoms with E-state index in [9.17, 15) is 0 Å². The molecular formula is C14H24O. The highest BCUT2D eigenvalue weighted by molar-refractivity contribution is 5.13. The van der Waals surface area contributed by atoms with Gasteiger partial charge in [0.1, 0.15) is 0 Å². The highest BCUT2D eigenvalue weighted by Crippen LogP contribution is 1.96. The smallest absolute Gasteiger partial charge is 0.0351 e. The van der Waals surface area contributed by atoms with Crippen molar-refractivity contribution in [3.8, 4) is 12.8 Å². The Labute approximate surface area is 95.5 Å². The second-order valence-corrected chi connectivity index (χ2v) is 2.25. The molecule has 1 heteroatoms. The molecule has 0 amide bonds. The largest absolute Gasteiger partial charge is 0.388 e.